The number of aromatic nitrogens is 2. The highest BCUT2D eigenvalue weighted by molar-refractivity contribution is 5.94. The number of rotatable bonds is 8. The second kappa shape index (κ2) is 9.03. The molecule has 1 aromatic carbocycles. The summed E-state index contributed by atoms with van der Waals surface area (Å²) in [6, 6.07) is 12.3. The van der Waals surface area contributed by atoms with Crippen molar-refractivity contribution in [3.8, 4) is 5.75 Å². The molecule has 0 bridgehead atoms. The molecule has 0 aliphatic rings. The average Bonchev–Trinajstić information content (AvgIpc) is 3.02. The van der Waals surface area contributed by atoms with Gasteiger partial charge < -0.3 is 15.7 Å². The molecule has 2 amide bonds. The second-order valence-corrected chi connectivity index (χ2v) is 6.61. The topological polar surface area (TPSA) is 95.7 Å². The molecule has 146 valence electrons. The number of pyridine rings is 1. The van der Waals surface area contributed by atoms with Gasteiger partial charge in [0.2, 0.25) is 5.91 Å². The fourth-order valence-corrected chi connectivity index (χ4v) is 3.05. The number of fused-ring (bicyclic) bond motifs is 1. The molecule has 0 unspecified atom stereocenters. The van der Waals surface area contributed by atoms with Gasteiger partial charge in [0, 0.05) is 19.2 Å². The van der Waals surface area contributed by atoms with Crippen molar-refractivity contribution < 1.29 is 14.7 Å². The van der Waals surface area contributed by atoms with Crippen molar-refractivity contribution in [1.82, 2.24) is 14.7 Å². The fourth-order valence-electron chi connectivity index (χ4n) is 3.05. The van der Waals surface area contributed by atoms with E-state index in [0.717, 1.165) is 18.5 Å². The minimum absolute atomic E-state index is 0.0567. The highest BCUT2D eigenvalue weighted by atomic mass is 16.3. The lowest BCUT2D eigenvalue weighted by atomic mass is 10.2. The minimum atomic E-state index is -0.145. The van der Waals surface area contributed by atoms with Crippen LogP contribution in [0.4, 0.5) is 5.69 Å². The van der Waals surface area contributed by atoms with Crippen LogP contribution in [0.2, 0.25) is 0 Å². The van der Waals surface area contributed by atoms with Gasteiger partial charge in [0.05, 0.1) is 11.4 Å². The van der Waals surface area contributed by atoms with Crippen LogP contribution in [0, 0.1) is 6.92 Å². The highest BCUT2D eigenvalue weighted by Gasteiger charge is 2.15. The Labute approximate surface area is 163 Å². The number of hydrogen-bond acceptors (Lipinski definition) is 4. The van der Waals surface area contributed by atoms with E-state index in [9.17, 15) is 14.7 Å². The predicted molar refractivity (Wildman–Crippen MR) is 107 cm³/mol. The SMILES string of the molecule is Cc1nc2ccccn2c1C(=O)NCCCCCC(=O)Nc1ccccc1O. The largest absolute Gasteiger partial charge is 0.506 e. The Kier molecular flexibility index (Phi) is 6.26. The van der Waals surface area contributed by atoms with E-state index in [0.29, 0.717) is 36.5 Å². The Hall–Kier alpha value is -3.35. The smallest absolute Gasteiger partial charge is 0.270 e. The summed E-state index contributed by atoms with van der Waals surface area (Å²) in [6.07, 6.45) is 4.51. The molecule has 0 aliphatic heterocycles. The van der Waals surface area contributed by atoms with E-state index in [4.69, 9.17) is 0 Å². The van der Waals surface area contributed by atoms with Gasteiger partial charge >= 0.3 is 0 Å². The van der Waals surface area contributed by atoms with Gasteiger partial charge in [-0.25, -0.2) is 4.98 Å². The molecule has 0 aliphatic carbocycles. The molecule has 28 heavy (non-hydrogen) atoms. The number of anilines is 1. The zero-order chi connectivity index (χ0) is 19.9. The Morgan fingerprint density at radius 1 is 1.07 bits per heavy atom. The molecule has 0 fully saturated rings. The second-order valence-electron chi connectivity index (χ2n) is 6.61. The van der Waals surface area contributed by atoms with E-state index in [1.54, 1.807) is 22.6 Å². The van der Waals surface area contributed by atoms with E-state index < -0.39 is 0 Å². The van der Waals surface area contributed by atoms with E-state index in [1.807, 2.05) is 31.3 Å². The van der Waals surface area contributed by atoms with Crippen LogP contribution in [0.5, 0.6) is 5.75 Å². The molecule has 0 spiro atoms. The standard InChI is InChI=1S/C21H24N4O3/c1-15-20(25-14-8-6-11-18(25)23-15)21(28)22-13-7-2-3-12-19(27)24-16-9-4-5-10-17(16)26/h4-6,8-11,14,26H,2-3,7,12-13H2,1H3,(H,22,28)(H,24,27). The van der Waals surface area contributed by atoms with Gasteiger partial charge in [-0.2, -0.15) is 0 Å². The van der Waals surface area contributed by atoms with E-state index in [1.165, 1.54) is 6.07 Å². The number of para-hydroxylation sites is 2. The number of hydrogen-bond donors (Lipinski definition) is 3. The van der Waals surface area contributed by atoms with Crippen molar-refractivity contribution >= 4 is 23.1 Å². The van der Waals surface area contributed by atoms with Gasteiger partial charge in [0.1, 0.15) is 17.1 Å². The van der Waals surface area contributed by atoms with Crippen molar-refractivity contribution in [1.29, 1.82) is 0 Å². The average molecular weight is 380 g/mol. The zero-order valence-corrected chi connectivity index (χ0v) is 15.8. The van der Waals surface area contributed by atoms with Crippen molar-refractivity contribution in [2.75, 3.05) is 11.9 Å². The maximum Gasteiger partial charge on any atom is 0.270 e. The first-order valence-electron chi connectivity index (χ1n) is 9.36. The highest BCUT2D eigenvalue weighted by Crippen LogP contribution is 2.21. The number of carbonyl (C=O) groups excluding carboxylic acids is 2. The van der Waals surface area contributed by atoms with Crippen molar-refractivity contribution in [2.45, 2.75) is 32.6 Å². The third-order valence-electron chi connectivity index (χ3n) is 4.46. The van der Waals surface area contributed by atoms with E-state index in [2.05, 4.69) is 15.6 Å². The number of unbranched alkanes of at least 4 members (excludes halogenated alkanes) is 2. The molecule has 3 N–H and O–H groups in total. The molecule has 3 aromatic rings. The molecule has 2 aromatic heterocycles. The van der Waals surface area contributed by atoms with Gasteiger partial charge in [-0.3, -0.25) is 14.0 Å². The lowest BCUT2D eigenvalue weighted by Crippen LogP contribution is -2.26. The quantitative estimate of drug-likeness (QED) is 0.413. The molecule has 0 radical (unpaired) electrons. The zero-order valence-electron chi connectivity index (χ0n) is 15.8. The minimum Gasteiger partial charge on any atom is -0.506 e. The number of phenols is 1. The number of aromatic hydroxyl groups is 1. The van der Waals surface area contributed by atoms with Gasteiger partial charge in [-0.1, -0.05) is 24.6 Å². The lowest BCUT2D eigenvalue weighted by molar-refractivity contribution is -0.116. The number of imidazole rings is 1. The normalized spacial score (nSPS) is 10.8. The third-order valence-corrected chi connectivity index (χ3v) is 4.46. The number of carbonyl (C=O) groups is 2. The predicted octanol–water partition coefficient (Wildman–Crippen LogP) is 3.28. The first-order valence-corrected chi connectivity index (χ1v) is 9.36. The molecule has 7 nitrogen and oxygen atoms in total. The van der Waals surface area contributed by atoms with Crippen LogP contribution < -0.4 is 10.6 Å². The van der Waals surface area contributed by atoms with Gasteiger partial charge in [-0.15, -0.1) is 0 Å². The number of phenolic OH excluding ortho intramolecular Hbond substituents is 1. The summed E-state index contributed by atoms with van der Waals surface area (Å²) >= 11 is 0. The molecule has 7 heteroatoms. The summed E-state index contributed by atoms with van der Waals surface area (Å²) in [5.74, 6) is -0.221. The van der Waals surface area contributed by atoms with Crippen LogP contribution in [0.25, 0.3) is 5.65 Å². The Morgan fingerprint density at radius 2 is 1.86 bits per heavy atom. The molecule has 0 atom stereocenters. The number of amides is 2. The summed E-state index contributed by atoms with van der Waals surface area (Å²) in [4.78, 5) is 28.8. The summed E-state index contributed by atoms with van der Waals surface area (Å²) in [5, 5.41) is 15.3. The summed E-state index contributed by atoms with van der Waals surface area (Å²) in [7, 11) is 0. The molecule has 3 rings (SSSR count). The van der Waals surface area contributed by atoms with Gasteiger partial charge in [0.25, 0.3) is 5.91 Å². The first-order chi connectivity index (χ1) is 13.6. The third kappa shape index (κ3) is 4.68. The lowest BCUT2D eigenvalue weighted by Gasteiger charge is -2.08. The monoisotopic (exact) mass is 380 g/mol. The summed E-state index contributed by atoms with van der Waals surface area (Å²) in [6.45, 7) is 2.37. The van der Waals surface area contributed by atoms with Gasteiger partial charge in [-0.05, 0) is 44.0 Å². The maximum atomic E-state index is 12.5. The molecule has 0 saturated heterocycles. The Morgan fingerprint density at radius 3 is 2.68 bits per heavy atom. The molecule has 2 heterocycles. The Bertz CT molecular complexity index is 981. The summed E-state index contributed by atoms with van der Waals surface area (Å²) in [5.41, 5.74) is 2.42. The van der Waals surface area contributed by atoms with Crippen LogP contribution in [0.1, 0.15) is 41.9 Å². The van der Waals surface area contributed by atoms with Crippen molar-refractivity contribution in [3.05, 3.63) is 60.0 Å². The van der Waals surface area contributed by atoms with Crippen LogP contribution in [0.3, 0.4) is 0 Å². The van der Waals surface area contributed by atoms with Crippen LogP contribution in [-0.2, 0) is 4.79 Å². The fraction of sp³-hybridized carbons (Fsp3) is 0.286. The van der Waals surface area contributed by atoms with Crippen LogP contribution >= 0.6 is 0 Å². The first kappa shape index (κ1) is 19.4. The maximum absolute atomic E-state index is 12.5. The Balaban J connectivity index is 1.38. The van der Waals surface area contributed by atoms with Crippen LogP contribution in [0.15, 0.2) is 48.7 Å². The van der Waals surface area contributed by atoms with Gasteiger partial charge in [0.15, 0.2) is 0 Å². The number of benzene rings is 1. The molecule has 0 saturated carbocycles. The van der Waals surface area contributed by atoms with Crippen molar-refractivity contribution in [2.24, 2.45) is 0 Å². The van der Waals surface area contributed by atoms with E-state index in [-0.39, 0.29) is 17.6 Å². The molecular weight excluding hydrogens is 356 g/mol. The summed E-state index contributed by atoms with van der Waals surface area (Å²) < 4.78 is 1.79. The molecular formula is C21H24N4O3. The number of nitrogens with one attached hydrogen (secondary N) is 2. The van der Waals surface area contributed by atoms with Crippen LogP contribution in [-0.4, -0.2) is 32.9 Å². The van der Waals surface area contributed by atoms with Crippen molar-refractivity contribution in [3.63, 3.8) is 0 Å². The number of nitrogens with zero attached hydrogens (tertiary/aromatic N) is 2. The van der Waals surface area contributed by atoms with E-state index >= 15 is 0 Å². The number of aryl methyl sites for hydroxylation is 1.